The summed E-state index contributed by atoms with van der Waals surface area (Å²) in [5, 5.41) is 18.1. The van der Waals surface area contributed by atoms with Crippen LogP contribution in [0.3, 0.4) is 0 Å². The predicted octanol–water partition coefficient (Wildman–Crippen LogP) is 3.91. The van der Waals surface area contributed by atoms with Gasteiger partial charge in [-0.3, -0.25) is 0 Å². The Morgan fingerprint density at radius 3 is 2.21 bits per heavy atom. The van der Waals surface area contributed by atoms with Gasteiger partial charge in [-0.05, 0) is 18.9 Å². The van der Waals surface area contributed by atoms with E-state index in [1.54, 1.807) is 30.3 Å². The quantitative estimate of drug-likeness (QED) is 0.829. The summed E-state index contributed by atoms with van der Waals surface area (Å²) in [5.74, 6) is 0. The van der Waals surface area contributed by atoms with E-state index in [1.807, 2.05) is 13.0 Å². The zero-order chi connectivity index (χ0) is 14.5. The summed E-state index contributed by atoms with van der Waals surface area (Å²) in [4.78, 5) is 0. The van der Waals surface area contributed by atoms with E-state index in [9.17, 15) is 13.2 Å². The van der Waals surface area contributed by atoms with Gasteiger partial charge in [-0.25, -0.2) is 0 Å². The summed E-state index contributed by atoms with van der Waals surface area (Å²) in [7, 11) is 0. The van der Waals surface area contributed by atoms with Gasteiger partial charge < -0.3 is 0 Å². The fraction of sp³-hybridized carbons (Fsp3) is 0.429. The SMILES string of the molecule is Cc1cccc(CC(C#N)(C#N)CCC(F)(F)F)c1. The second kappa shape index (κ2) is 5.75. The maximum Gasteiger partial charge on any atom is 0.389 e. The van der Waals surface area contributed by atoms with Crippen molar-refractivity contribution in [2.24, 2.45) is 5.41 Å². The summed E-state index contributed by atoms with van der Waals surface area (Å²) < 4.78 is 36.7. The minimum atomic E-state index is -4.36. The van der Waals surface area contributed by atoms with E-state index in [1.165, 1.54) is 0 Å². The standard InChI is InChI=1S/C14H13F3N2/c1-11-3-2-4-12(7-11)8-13(9-18,10-19)5-6-14(15,16)17/h2-4,7H,5-6,8H2,1H3. The lowest BCUT2D eigenvalue weighted by molar-refractivity contribution is -0.138. The molecular formula is C14H13F3N2. The Hall–Kier alpha value is -2.01. The molecule has 0 spiro atoms. The Kier molecular flexibility index (Phi) is 4.56. The Morgan fingerprint density at radius 1 is 1.11 bits per heavy atom. The number of rotatable bonds is 4. The van der Waals surface area contributed by atoms with Crippen molar-refractivity contribution in [2.75, 3.05) is 0 Å². The zero-order valence-corrected chi connectivity index (χ0v) is 10.5. The minimum absolute atomic E-state index is 0.0117. The lowest BCUT2D eigenvalue weighted by Gasteiger charge is -2.19. The number of alkyl halides is 3. The molecule has 0 saturated heterocycles. The van der Waals surface area contributed by atoms with E-state index in [0.717, 1.165) is 5.56 Å². The molecule has 100 valence electrons. The molecule has 1 aromatic carbocycles. The molecule has 0 saturated carbocycles. The Morgan fingerprint density at radius 2 is 1.74 bits per heavy atom. The highest BCUT2D eigenvalue weighted by atomic mass is 19.4. The molecule has 0 amide bonds. The van der Waals surface area contributed by atoms with Crippen LogP contribution in [0.4, 0.5) is 13.2 Å². The van der Waals surface area contributed by atoms with Crippen LogP contribution >= 0.6 is 0 Å². The molecular weight excluding hydrogens is 253 g/mol. The van der Waals surface area contributed by atoms with E-state index in [-0.39, 0.29) is 6.42 Å². The molecule has 0 bridgehead atoms. The fourth-order valence-corrected chi connectivity index (χ4v) is 1.83. The number of aryl methyl sites for hydroxylation is 1. The molecule has 0 aliphatic carbocycles. The van der Waals surface area contributed by atoms with Crippen molar-refractivity contribution < 1.29 is 13.2 Å². The first-order valence-corrected chi connectivity index (χ1v) is 5.75. The molecule has 0 atom stereocenters. The highest BCUT2D eigenvalue weighted by molar-refractivity contribution is 5.27. The number of nitriles is 2. The molecule has 0 aliphatic heterocycles. The first-order chi connectivity index (χ1) is 8.80. The summed E-state index contributed by atoms with van der Waals surface area (Å²) in [6, 6.07) is 10.6. The van der Waals surface area contributed by atoms with E-state index >= 15 is 0 Å². The van der Waals surface area contributed by atoms with Crippen molar-refractivity contribution in [1.29, 1.82) is 10.5 Å². The second-order valence-corrected chi connectivity index (χ2v) is 4.59. The third kappa shape index (κ3) is 4.63. The van der Waals surface area contributed by atoms with Gasteiger partial charge in [-0.15, -0.1) is 0 Å². The summed E-state index contributed by atoms with van der Waals surface area (Å²) in [6.45, 7) is 1.85. The molecule has 0 aliphatic rings. The van der Waals surface area contributed by atoms with Crippen LogP contribution in [-0.2, 0) is 6.42 Å². The number of nitrogens with zero attached hydrogens (tertiary/aromatic N) is 2. The molecule has 5 heteroatoms. The van der Waals surface area contributed by atoms with Gasteiger partial charge in [0, 0.05) is 12.8 Å². The van der Waals surface area contributed by atoms with Crippen LogP contribution < -0.4 is 0 Å². The van der Waals surface area contributed by atoms with Crippen molar-refractivity contribution in [3.05, 3.63) is 35.4 Å². The van der Waals surface area contributed by atoms with Crippen LogP contribution in [0.25, 0.3) is 0 Å². The number of benzene rings is 1. The van der Waals surface area contributed by atoms with E-state index < -0.39 is 24.4 Å². The summed E-state index contributed by atoms with van der Waals surface area (Å²) >= 11 is 0. The maximum atomic E-state index is 12.2. The van der Waals surface area contributed by atoms with E-state index in [4.69, 9.17) is 10.5 Å². The first kappa shape index (κ1) is 15.0. The van der Waals surface area contributed by atoms with Crippen molar-refractivity contribution >= 4 is 0 Å². The third-order valence-corrected chi connectivity index (χ3v) is 2.85. The predicted molar refractivity (Wildman–Crippen MR) is 63.8 cm³/mol. The van der Waals surface area contributed by atoms with Crippen LogP contribution in [0.15, 0.2) is 24.3 Å². The number of hydrogen-bond donors (Lipinski definition) is 0. The van der Waals surface area contributed by atoms with Crippen molar-refractivity contribution in [2.45, 2.75) is 32.4 Å². The normalized spacial score (nSPS) is 11.7. The molecule has 19 heavy (non-hydrogen) atoms. The molecule has 2 nitrogen and oxygen atoms in total. The highest BCUT2D eigenvalue weighted by Crippen LogP contribution is 2.33. The lowest BCUT2D eigenvalue weighted by atomic mass is 9.80. The van der Waals surface area contributed by atoms with Gasteiger partial charge >= 0.3 is 6.18 Å². The topological polar surface area (TPSA) is 47.6 Å². The molecule has 0 heterocycles. The van der Waals surface area contributed by atoms with Crippen molar-refractivity contribution in [3.63, 3.8) is 0 Å². The van der Waals surface area contributed by atoms with E-state index in [2.05, 4.69) is 0 Å². The summed E-state index contributed by atoms with van der Waals surface area (Å²) in [5.41, 5.74) is 0.0203. The van der Waals surface area contributed by atoms with Crippen molar-refractivity contribution in [3.8, 4) is 12.1 Å². The van der Waals surface area contributed by atoms with Gasteiger partial charge in [-0.1, -0.05) is 29.8 Å². The summed E-state index contributed by atoms with van der Waals surface area (Å²) in [6.07, 6.45) is -5.97. The van der Waals surface area contributed by atoms with Gasteiger partial charge in [-0.2, -0.15) is 23.7 Å². The maximum absolute atomic E-state index is 12.2. The van der Waals surface area contributed by atoms with Crippen LogP contribution in [0.1, 0.15) is 24.0 Å². The minimum Gasteiger partial charge on any atom is -0.197 e. The third-order valence-electron chi connectivity index (χ3n) is 2.85. The highest BCUT2D eigenvalue weighted by Gasteiger charge is 2.37. The number of halogens is 3. The van der Waals surface area contributed by atoms with Gasteiger partial charge in [0.05, 0.1) is 12.1 Å². The smallest absolute Gasteiger partial charge is 0.197 e. The van der Waals surface area contributed by atoms with E-state index in [0.29, 0.717) is 5.56 Å². The van der Waals surface area contributed by atoms with Crippen LogP contribution in [0.5, 0.6) is 0 Å². The van der Waals surface area contributed by atoms with Gasteiger partial charge in [0.2, 0.25) is 0 Å². The Labute approximate surface area is 110 Å². The molecule has 0 N–H and O–H groups in total. The Balaban J connectivity index is 2.89. The Bertz CT molecular complexity index is 507. The molecule has 0 unspecified atom stereocenters. The van der Waals surface area contributed by atoms with Gasteiger partial charge in [0.1, 0.15) is 5.41 Å². The molecule has 0 aromatic heterocycles. The first-order valence-electron chi connectivity index (χ1n) is 5.75. The lowest BCUT2D eigenvalue weighted by Crippen LogP contribution is -2.23. The molecule has 1 aromatic rings. The average Bonchev–Trinajstić information content (AvgIpc) is 2.34. The fourth-order valence-electron chi connectivity index (χ4n) is 1.83. The van der Waals surface area contributed by atoms with Gasteiger partial charge in [0.15, 0.2) is 0 Å². The van der Waals surface area contributed by atoms with Crippen LogP contribution in [0, 0.1) is 35.0 Å². The largest absolute Gasteiger partial charge is 0.389 e. The second-order valence-electron chi connectivity index (χ2n) is 4.59. The van der Waals surface area contributed by atoms with Crippen LogP contribution in [-0.4, -0.2) is 6.18 Å². The molecule has 1 rings (SSSR count). The number of hydrogen-bond acceptors (Lipinski definition) is 2. The zero-order valence-electron chi connectivity index (χ0n) is 10.5. The van der Waals surface area contributed by atoms with Crippen LogP contribution in [0.2, 0.25) is 0 Å². The van der Waals surface area contributed by atoms with Gasteiger partial charge in [0.25, 0.3) is 0 Å². The average molecular weight is 266 g/mol. The monoisotopic (exact) mass is 266 g/mol. The molecule has 0 fully saturated rings. The molecule has 0 radical (unpaired) electrons. The van der Waals surface area contributed by atoms with Crippen molar-refractivity contribution in [1.82, 2.24) is 0 Å².